The number of thiophene rings is 1. The number of amides is 3. The molecule has 0 aliphatic carbocycles. The maximum atomic E-state index is 13.7. The largest absolute Gasteiger partial charge is 0.488 e. The van der Waals surface area contributed by atoms with E-state index < -0.39 is 28.2 Å². The second-order valence-corrected chi connectivity index (χ2v) is 13.4. The van der Waals surface area contributed by atoms with Crippen LogP contribution in [0.25, 0.3) is 0 Å². The first-order valence-corrected chi connectivity index (χ1v) is 15.6. The van der Waals surface area contributed by atoms with Crippen molar-refractivity contribution in [3.8, 4) is 17.2 Å². The van der Waals surface area contributed by atoms with Gasteiger partial charge < -0.3 is 34.9 Å². The number of sulfonamides is 1. The molecule has 0 saturated carbocycles. The first-order chi connectivity index (χ1) is 20.1. The van der Waals surface area contributed by atoms with Gasteiger partial charge >= 0.3 is 6.03 Å². The third kappa shape index (κ3) is 6.16. The molecule has 1 aromatic heterocycles. The van der Waals surface area contributed by atoms with E-state index in [0.717, 1.165) is 11.3 Å². The molecule has 0 bridgehead atoms. The van der Waals surface area contributed by atoms with Crippen molar-refractivity contribution in [1.82, 2.24) is 9.21 Å². The number of likely N-dealkylation sites (N-methyl/N-ethyl adjacent to an activating group) is 1. The first-order valence-electron chi connectivity index (χ1n) is 13.3. The fourth-order valence-corrected chi connectivity index (χ4v) is 7.09. The number of nitrogens with zero attached hydrogens (tertiary/aromatic N) is 2. The van der Waals surface area contributed by atoms with Crippen molar-refractivity contribution in [3.05, 3.63) is 59.5 Å². The number of benzene rings is 2. The fraction of sp³-hybridized carbons (Fsp3) is 0.357. The molecule has 3 heterocycles. The molecule has 14 heteroatoms. The van der Waals surface area contributed by atoms with Crippen molar-refractivity contribution in [2.75, 3.05) is 44.2 Å². The minimum Gasteiger partial charge on any atom is -0.488 e. The molecule has 0 radical (unpaired) electrons. The van der Waals surface area contributed by atoms with Crippen LogP contribution in [0.5, 0.6) is 17.2 Å². The Morgan fingerprint density at radius 2 is 1.81 bits per heavy atom. The lowest BCUT2D eigenvalue weighted by molar-refractivity contribution is 0.0387. The lowest BCUT2D eigenvalue weighted by atomic mass is 9.99. The average Bonchev–Trinajstić information content (AvgIpc) is 3.67. The normalized spacial score (nSPS) is 19.0. The van der Waals surface area contributed by atoms with Gasteiger partial charge in [-0.05, 0) is 48.7 Å². The molecule has 224 valence electrons. The third-order valence-corrected chi connectivity index (χ3v) is 10.3. The van der Waals surface area contributed by atoms with E-state index >= 15 is 0 Å². The Bertz CT molecular complexity index is 1560. The van der Waals surface area contributed by atoms with Crippen LogP contribution >= 0.6 is 11.3 Å². The third-order valence-electron chi connectivity index (χ3n) is 7.15. The van der Waals surface area contributed by atoms with Gasteiger partial charge in [-0.2, -0.15) is 4.31 Å². The monoisotopic (exact) mass is 616 g/mol. The predicted octanol–water partition coefficient (Wildman–Crippen LogP) is 3.66. The fourth-order valence-electron chi connectivity index (χ4n) is 4.70. The van der Waals surface area contributed by atoms with Crippen LogP contribution in [0.1, 0.15) is 24.2 Å². The maximum absolute atomic E-state index is 13.7. The zero-order chi connectivity index (χ0) is 30.0. The number of nitrogens with one attached hydrogen (secondary N) is 2. The minimum atomic E-state index is -3.73. The standard InChI is InChI=1S/C28H32N4O8S2/c1-17-13-32(18(2)15-33)27(34)21-11-19(29-28(35)30-20-7-9-23-24(12-20)39-16-38-23)6-8-22(21)40-25(17)14-31(3)42(36,37)26-5-4-10-41-26/h4-12,17-18,25,33H,13-16H2,1-3H3,(H2,29,30,35)/t17-,18+,25-/m0/s1. The van der Waals surface area contributed by atoms with Crippen LogP contribution in [0.15, 0.2) is 58.1 Å². The zero-order valence-electron chi connectivity index (χ0n) is 23.3. The summed E-state index contributed by atoms with van der Waals surface area (Å²) in [6.45, 7) is 3.72. The molecule has 0 fully saturated rings. The van der Waals surface area contributed by atoms with Crippen molar-refractivity contribution >= 4 is 44.7 Å². The number of urea groups is 1. The summed E-state index contributed by atoms with van der Waals surface area (Å²) in [7, 11) is -2.23. The highest BCUT2D eigenvalue weighted by molar-refractivity contribution is 7.91. The Morgan fingerprint density at radius 3 is 2.50 bits per heavy atom. The van der Waals surface area contributed by atoms with E-state index in [0.29, 0.717) is 22.9 Å². The number of aliphatic hydroxyl groups is 1. The summed E-state index contributed by atoms with van der Waals surface area (Å²) in [5.41, 5.74) is 1.00. The quantitative estimate of drug-likeness (QED) is 0.348. The van der Waals surface area contributed by atoms with Crippen molar-refractivity contribution in [2.45, 2.75) is 30.2 Å². The van der Waals surface area contributed by atoms with Gasteiger partial charge in [-0.3, -0.25) is 4.79 Å². The summed E-state index contributed by atoms with van der Waals surface area (Å²) in [5, 5.41) is 17.1. The van der Waals surface area contributed by atoms with Gasteiger partial charge in [0.25, 0.3) is 15.9 Å². The minimum absolute atomic E-state index is 0.0360. The smallest absolute Gasteiger partial charge is 0.323 e. The predicted molar refractivity (Wildman–Crippen MR) is 157 cm³/mol. The van der Waals surface area contributed by atoms with Crippen LogP contribution in [0, 0.1) is 5.92 Å². The molecule has 0 saturated heterocycles. The lowest BCUT2D eigenvalue weighted by Crippen LogP contribution is -2.50. The summed E-state index contributed by atoms with van der Waals surface area (Å²) in [6, 6.07) is 11.9. The number of carbonyl (C=O) groups excluding carboxylic acids is 2. The maximum Gasteiger partial charge on any atom is 0.323 e. The Hall–Kier alpha value is -3.85. The lowest BCUT2D eigenvalue weighted by Gasteiger charge is -2.38. The number of anilines is 2. The van der Waals surface area contributed by atoms with E-state index in [-0.39, 0.29) is 53.8 Å². The molecule has 2 aliphatic rings. The summed E-state index contributed by atoms with van der Waals surface area (Å²) in [4.78, 5) is 28.0. The Labute approximate surface area is 247 Å². The second kappa shape index (κ2) is 12.2. The van der Waals surface area contributed by atoms with E-state index in [2.05, 4.69) is 10.6 Å². The number of rotatable bonds is 8. The number of fused-ring (bicyclic) bond motifs is 2. The molecule has 3 N–H and O–H groups in total. The van der Waals surface area contributed by atoms with Gasteiger partial charge in [0.15, 0.2) is 11.5 Å². The van der Waals surface area contributed by atoms with E-state index in [4.69, 9.17) is 14.2 Å². The van der Waals surface area contributed by atoms with Crippen molar-refractivity contribution in [2.24, 2.45) is 5.92 Å². The summed E-state index contributed by atoms with van der Waals surface area (Å²) >= 11 is 1.13. The number of aliphatic hydroxyl groups excluding tert-OH is 1. The SMILES string of the molecule is C[C@H](CO)N1C[C@H](C)[C@H](CN(C)S(=O)(=O)c2cccs2)Oc2ccc(NC(=O)Nc3ccc4c(c3)OCO4)cc2C1=O. The topological polar surface area (TPSA) is 147 Å². The zero-order valence-corrected chi connectivity index (χ0v) is 24.9. The van der Waals surface area contributed by atoms with Gasteiger partial charge in [0.05, 0.1) is 24.8 Å². The number of carbonyl (C=O) groups is 2. The summed E-state index contributed by atoms with van der Waals surface area (Å²) < 4.78 is 44.6. The van der Waals surface area contributed by atoms with Crippen LogP contribution in [-0.2, 0) is 10.0 Å². The molecule has 2 aliphatic heterocycles. The summed E-state index contributed by atoms with van der Waals surface area (Å²) in [5.74, 6) is 0.701. The van der Waals surface area contributed by atoms with Crippen LogP contribution in [-0.4, -0.2) is 80.4 Å². The molecule has 0 unspecified atom stereocenters. The Morgan fingerprint density at radius 1 is 1.12 bits per heavy atom. The molecule has 42 heavy (non-hydrogen) atoms. The van der Waals surface area contributed by atoms with E-state index in [1.54, 1.807) is 59.7 Å². The van der Waals surface area contributed by atoms with Gasteiger partial charge in [0.2, 0.25) is 6.79 Å². The highest BCUT2D eigenvalue weighted by Gasteiger charge is 2.35. The number of ether oxygens (including phenoxy) is 3. The van der Waals surface area contributed by atoms with Crippen LogP contribution < -0.4 is 24.8 Å². The van der Waals surface area contributed by atoms with Gasteiger partial charge in [-0.15, -0.1) is 11.3 Å². The van der Waals surface area contributed by atoms with Crippen LogP contribution in [0.3, 0.4) is 0 Å². The van der Waals surface area contributed by atoms with E-state index in [9.17, 15) is 23.1 Å². The van der Waals surface area contributed by atoms with E-state index in [1.165, 1.54) is 17.4 Å². The van der Waals surface area contributed by atoms with Gasteiger partial charge in [-0.25, -0.2) is 13.2 Å². The molecular formula is C28H32N4O8S2. The Balaban J connectivity index is 1.38. The van der Waals surface area contributed by atoms with Crippen LogP contribution in [0.2, 0.25) is 0 Å². The molecule has 0 spiro atoms. The molecule has 3 aromatic rings. The highest BCUT2D eigenvalue weighted by Crippen LogP contribution is 2.35. The molecule has 3 atom stereocenters. The van der Waals surface area contributed by atoms with Crippen molar-refractivity contribution in [3.63, 3.8) is 0 Å². The van der Waals surface area contributed by atoms with Crippen molar-refractivity contribution < 1.29 is 37.3 Å². The molecule has 12 nitrogen and oxygen atoms in total. The van der Waals surface area contributed by atoms with Gasteiger partial charge in [-0.1, -0.05) is 13.0 Å². The van der Waals surface area contributed by atoms with Gasteiger partial charge in [0.1, 0.15) is 16.1 Å². The molecule has 2 aromatic carbocycles. The number of hydrogen-bond acceptors (Lipinski definition) is 9. The molecular weight excluding hydrogens is 584 g/mol. The van der Waals surface area contributed by atoms with E-state index in [1.807, 2.05) is 6.92 Å². The van der Waals surface area contributed by atoms with Crippen molar-refractivity contribution in [1.29, 1.82) is 0 Å². The average molecular weight is 617 g/mol. The summed E-state index contributed by atoms with van der Waals surface area (Å²) in [6.07, 6.45) is -0.613. The Kier molecular flexibility index (Phi) is 8.59. The molecule has 5 rings (SSSR count). The van der Waals surface area contributed by atoms with Crippen LogP contribution in [0.4, 0.5) is 16.2 Å². The molecule has 3 amide bonds. The second-order valence-electron chi connectivity index (χ2n) is 10.2. The first kappa shape index (κ1) is 29.6. The highest BCUT2D eigenvalue weighted by atomic mass is 32.2. The van der Waals surface area contributed by atoms with Gasteiger partial charge in [0, 0.05) is 37.0 Å². The number of hydrogen-bond donors (Lipinski definition) is 3.